The van der Waals surface area contributed by atoms with Gasteiger partial charge in [-0.3, -0.25) is 4.79 Å². The largest absolute Gasteiger partial charge is 0.497 e. The molecule has 2 aromatic heterocycles. The van der Waals surface area contributed by atoms with Gasteiger partial charge in [-0.15, -0.1) is 0 Å². The molecule has 0 fully saturated rings. The highest BCUT2D eigenvalue weighted by atomic mass is 16.5. The van der Waals surface area contributed by atoms with Crippen LogP contribution in [0.5, 0.6) is 40.2 Å². The van der Waals surface area contributed by atoms with Gasteiger partial charge in [0.25, 0.3) is 5.91 Å². The summed E-state index contributed by atoms with van der Waals surface area (Å²) in [7, 11) is 10.9. The van der Waals surface area contributed by atoms with Crippen LogP contribution in [0.1, 0.15) is 16.8 Å². The Hall–Kier alpha value is -6.36. The number of rotatable bonds is 13. The fourth-order valence-corrected chi connectivity index (χ4v) is 6.07. The maximum atomic E-state index is 14.2. The lowest BCUT2D eigenvalue weighted by Crippen LogP contribution is -2.24. The topological polar surface area (TPSA) is 122 Å². The van der Waals surface area contributed by atoms with Crippen molar-refractivity contribution in [1.29, 1.82) is 0 Å². The van der Waals surface area contributed by atoms with Gasteiger partial charge in [-0.1, -0.05) is 30.3 Å². The van der Waals surface area contributed by atoms with Gasteiger partial charge in [0, 0.05) is 27.4 Å². The van der Waals surface area contributed by atoms with Crippen molar-refractivity contribution in [2.45, 2.75) is 6.54 Å². The smallest absolute Gasteiger partial charge is 0.252 e. The Labute approximate surface area is 295 Å². The number of amides is 1. The molecule has 0 aliphatic rings. The number of carbonyl (C=O) groups is 1. The molecule has 0 aliphatic carbocycles. The third kappa shape index (κ3) is 6.78. The monoisotopic (exact) mass is 689 g/mol. The van der Waals surface area contributed by atoms with E-state index < -0.39 is 0 Å². The number of ether oxygens (including phenoxy) is 7. The molecule has 2 heterocycles. The number of aromatic nitrogens is 2. The molecule has 6 aromatic rings. The van der Waals surface area contributed by atoms with Gasteiger partial charge < -0.3 is 43.5 Å². The fourth-order valence-electron chi connectivity index (χ4n) is 6.07. The molecular formula is C40H39N3O8. The average molecular weight is 690 g/mol. The lowest BCUT2D eigenvalue weighted by Gasteiger charge is -2.16. The molecule has 262 valence electrons. The zero-order valence-electron chi connectivity index (χ0n) is 29.5. The van der Waals surface area contributed by atoms with Gasteiger partial charge in [-0.05, 0) is 65.7 Å². The van der Waals surface area contributed by atoms with Crippen LogP contribution in [0, 0.1) is 0 Å². The SMILES string of the molecule is COc1ccc(/C=C(/C(=O)NCc2cc3c([nH]c4ccccc43)c(-c3cc(OC)c(OC)c(OC)c3)n2)c2cc(OC)c(OC)c(OC)c2)cc1. The number of carbonyl (C=O) groups excluding carboxylic acids is 1. The molecule has 0 unspecified atom stereocenters. The van der Waals surface area contributed by atoms with Crippen molar-refractivity contribution in [2.75, 3.05) is 49.8 Å². The van der Waals surface area contributed by atoms with Crippen LogP contribution in [0.2, 0.25) is 0 Å². The third-order valence-corrected chi connectivity index (χ3v) is 8.56. The number of pyridine rings is 1. The summed E-state index contributed by atoms with van der Waals surface area (Å²) in [6.07, 6.45) is 1.80. The highest BCUT2D eigenvalue weighted by Crippen LogP contribution is 2.43. The molecule has 2 N–H and O–H groups in total. The molecule has 0 atom stereocenters. The standard InChI is InChI=1S/C40H39N3O8/c1-45-27-14-12-23(13-15-27)16-29(24-17-32(46-2)38(50-6)33(18-24)47-3)40(44)41-22-26-21-30-28-10-8-9-11-31(28)43-37(30)36(42-26)25-19-34(48-4)39(51-7)35(20-25)49-5/h8-21,43H,22H2,1-7H3,(H,41,44)/b29-16+. The Balaban J connectivity index is 1.44. The van der Waals surface area contributed by atoms with Crippen LogP contribution in [0.4, 0.5) is 0 Å². The number of methoxy groups -OCH3 is 7. The summed E-state index contributed by atoms with van der Waals surface area (Å²) in [6.45, 7) is 0.121. The van der Waals surface area contributed by atoms with Gasteiger partial charge in [-0.25, -0.2) is 4.98 Å². The molecule has 0 bridgehead atoms. The van der Waals surface area contributed by atoms with Crippen molar-refractivity contribution in [1.82, 2.24) is 15.3 Å². The summed E-state index contributed by atoms with van der Waals surface area (Å²) < 4.78 is 39.0. The molecule has 11 nitrogen and oxygen atoms in total. The van der Waals surface area contributed by atoms with Gasteiger partial charge in [0.15, 0.2) is 23.0 Å². The van der Waals surface area contributed by atoms with E-state index in [9.17, 15) is 4.79 Å². The van der Waals surface area contributed by atoms with E-state index in [1.807, 2.05) is 60.7 Å². The lowest BCUT2D eigenvalue weighted by atomic mass is 10.0. The minimum absolute atomic E-state index is 0.121. The van der Waals surface area contributed by atoms with E-state index in [0.717, 1.165) is 32.9 Å². The molecular weight excluding hydrogens is 650 g/mol. The molecule has 0 aliphatic heterocycles. The number of hydrogen-bond acceptors (Lipinski definition) is 9. The second-order valence-electron chi connectivity index (χ2n) is 11.4. The number of hydrogen-bond donors (Lipinski definition) is 2. The summed E-state index contributed by atoms with van der Waals surface area (Å²) in [6, 6.07) is 24.7. The number of para-hydroxylation sites is 1. The van der Waals surface area contributed by atoms with E-state index in [-0.39, 0.29) is 12.5 Å². The average Bonchev–Trinajstić information content (AvgIpc) is 3.56. The number of nitrogens with zero attached hydrogens (tertiary/aromatic N) is 1. The van der Waals surface area contributed by atoms with Crippen molar-refractivity contribution >= 4 is 39.4 Å². The molecule has 0 saturated heterocycles. The fraction of sp³-hybridized carbons (Fsp3) is 0.200. The van der Waals surface area contributed by atoms with Gasteiger partial charge in [0.1, 0.15) is 5.75 Å². The Morgan fingerprint density at radius 3 is 1.84 bits per heavy atom. The van der Waals surface area contributed by atoms with Crippen LogP contribution in [-0.4, -0.2) is 65.6 Å². The summed E-state index contributed by atoms with van der Waals surface area (Å²) in [4.78, 5) is 22.8. The van der Waals surface area contributed by atoms with Crippen LogP contribution in [0.25, 0.3) is 44.7 Å². The molecule has 0 saturated carbocycles. The first-order valence-corrected chi connectivity index (χ1v) is 16.0. The van der Waals surface area contributed by atoms with Crippen LogP contribution < -0.4 is 38.5 Å². The predicted molar refractivity (Wildman–Crippen MR) is 198 cm³/mol. The summed E-state index contributed by atoms with van der Waals surface area (Å²) >= 11 is 0. The number of aromatic amines is 1. The molecule has 4 aromatic carbocycles. The molecule has 51 heavy (non-hydrogen) atoms. The summed E-state index contributed by atoms with van der Waals surface area (Å²) in [5.41, 5.74) is 5.55. The molecule has 6 rings (SSSR count). The highest BCUT2D eigenvalue weighted by molar-refractivity contribution is 6.24. The van der Waals surface area contributed by atoms with Crippen molar-refractivity contribution in [3.63, 3.8) is 0 Å². The zero-order chi connectivity index (χ0) is 36.1. The summed E-state index contributed by atoms with van der Waals surface area (Å²) in [5.74, 6) is 3.09. The third-order valence-electron chi connectivity index (χ3n) is 8.56. The Kier molecular flexibility index (Phi) is 10.2. The lowest BCUT2D eigenvalue weighted by molar-refractivity contribution is -0.115. The quantitative estimate of drug-likeness (QED) is 0.0950. The molecule has 0 spiro atoms. The van der Waals surface area contributed by atoms with Gasteiger partial charge in [0.2, 0.25) is 11.5 Å². The van der Waals surface area contributed by atoms with Gasteiger partial charge >= 0.3 is 0 Å². The summed E-state index contributed by atoms with van der Waals surface area (Å²) in [5, 5.41) is 5.08. The first-order chi connectivity index (χ1) is 24.8. The minimum Gasteiger partial charge on any atom is -0.497 e. The van der Waals surface area contributed by atoms with Crippen molar-refractivity contribution in [2.24, 2.45) is 0 Å². The van der Waals surface area contributed by atoms with E-state index in [1.165, 1.54) is 21.3 Å². The van der Waals surface area contributed by atoms with Crippen molar-refractivity contribution in [3.8, 4) is 51.5 Å². The number of fused-ring (bicyclic) bond motifs is 3. The number of benzene rings is 4. The highest BCUT2D eigenvalue weighted by Gasteiger charge is 2.22. The maximum Gasteiger partial charge on any atom is 0.252 e. The Bertz CT molecular complexity index is 2190. The second-order valence-corrected chi connectivity index (χ2v) is 11.4. The van der Waals surface area contributed by atoms with Crippen LogP contribution in [-0.2, 0) is 11.3 Å². The van der Waals surface area contributed by atoms with E-state index in [0.29, 0.717) is 62.8 Å². The predicted octanol–water partition coefficient (Wildman–Crippen LogP) is 7.30. The second kappa shape index (κ2) is 15.0. The Morgan fingerprint density at radius 2 is 1.27 bits per heavy atom. The van der Waals surface area contributed by atoms with E-state index in [1.54, 1.807) is 46.6 Å². The van der Waals surface area contributed by atoms with Crippen molar-refractivity contribution in [3.05, 3.63) is 95.7 Å². The van der Waals surface area contributed by atoms with Gasteiger partial charge in [0.05, 0.1) is 73.2 Å². The number of H-pyrrole nitrogens is 1. The van der Waals surface area contributed by atoms with Crippen LogP contribution in [0.3, 0.4) is 0 Å². The molecule has 11 heteroatoms. The van der Waals surface area contributed by atoms with E-state index in [2.05, 4.69) is 16.4 Å². The maximum absolute atomic E-state index is 14.2. The normalized spacial score (nSPS) is 11.3. The molecule has 0 radical (unpaired) electrons. The van der Waals surface area contributed by atoms with Crippen molar-refractivity contribution < 1.29 is 38.0 Å². The van der Waals surface area contributed by atoms with Crippen LogP contribution >= 0.6 is 0 Å². The van der Waals surface area contributed by atoms with Crippen LogP contribution in [0.15, 0.2) is 78.9 Å². The van der Waals surface area contributed by atoms with Gasteiger partial charge in [-0.2, -0.15) is 0 Å². The number of nitrogens with one attached hydrogen (secondary N) is 2. The van der Waals surface area contributed by atoms with E-state index >= 15 is 0 Å². The first kappa shape index (κ1) is 34.5. The minimum atomic E-state index is -0.338. The Morgan fingerprint density at radius 1 is 0.686 bits per heavy atom. The van der Waals surface area contributed by atoms with E-state index in [4.69, 9.17) is 38.1 Å². The zero-order valence-corrected chi connectivity index (χ0v) is 29.5. The molecule has 1 amide bonds. The first-order valence-electron chi connectivity index (χ1n) is 16.0.